The maximum Gasteiger partial charge on any atom is 0.323 e. The minimum absolute atomic E-state index is 0.00687. The van der Waals surface area contributed by atoms with Crippen molar-refractivity contribution in [1.29, 1.82) is 0 Å². The monoisotopic (exact) mass is 368 g/mol. The van der Waals surface area contributed by atoms with Crippen molar-refractivity contribution in [3.63, 3.8) is 0 Å². The van der Waals surface area contributed by atoms with E-state index in [1.165, 1.54) is 21.3 Å². The maximum absolute atomic E-state index is 12.5. The van der Waals surface area contributed by atoms with Crippen LogP contribution in [0, 0.1) is 11.3 Å². The first-order valence-corrected chi connectivity index (χ1v) is 8.81. The number of esters is 3. The van der Waals surface area contributed by atoms with E-state index < -0.39 is 23.0 Å². The first-order chi connectivity index (χ1) is 12.2. The highest BCUT2D eigenvalue weighted by atomic mass is 16.6. The lowest BCUT2D eigenvalue weighted by atomic mass is 9.60. The summed E-state index contributed by atoms with van der Waals surface area (Å²) in [5.74, 6) is -1.57. The van der Waals surface area contributed by atoms with E-state index in [1.54, 1.807) is 0 Å². The van der Waals surface area contributed by atoms with Crippen LogP contribution in [0.1, 0.15) is 45.4 Å². The van der Waals surface area contributed by atoms with E-state index >= 15 is 0 Å². The van der Waals surface area contributed by atoms with Crippen LogP contribution in [0.25, 0.3) is 0 Å². The zero-order valence-corrected chi connectivity index (χ0v) is 16.0. The van der Waals surface area contributed by atoms with Gasteiger partial charge in [0.15, 0.2) is 5.41 Å². The van der Waals surface area contributed by atoms with Gasteiger partial charge in [-0.05, 0) is 32.6 Å². The number of methoxy groups -OCH3 is 3. The predicted molar refractivity (Wildman–Crippen MR) is 92.1 cm³/mol. The summed E-state index contributed by atoms with van der Waals surface area (Å²) in [6, 6.07) is 0. The van der Waals surface area contributed by atoms with Crippen LogP contribution in [0.2, 0.25) is 0 Å². The van der Waals surface area contributed by atoms with Crippen molar-refractivity contribution in [2.45, 2.75) is 57.2 Å². The Morgan fingerprint density at radius 1 is 1.04 bits per heavy atom. The molecule has 1 spiro atoms. The Morgan fingerprint density at radius 3 is 2.15 bits per heavy atom. The lowest BCUT2D eigenvalue weighted by Crippen LogP contribution is -2.55. The van der Waals surface area contributed by atoms with Crippen LogP contribution in [0.15, 0.2) is 12.2 Å². The lowest BCUT2D eigenvalue weighted by molar-refractivity contribution is -0.187. The van der Waals surface area contributed by atoms with Crippen LogP contribution >= 0.6 is 0 Å². The standard InChI is InChI=1S/C19H28O7/c1-12(2)14-7-8-18(16(21)24-4,17(22)25-5)11-19(14)9-6-13(26-19)10-15(20)23-3/h13-14H,1,6-11H2,2-5H3/t13?,14-,19-/m0/s1. The van der Waals surface area contributed by atoms with Gasteiger partial charge in [0.05, 0.1) is 39.5 Å². The highest BCUT2D eigenvalue weighted by Gasteiger charge is 2.61. The molecule has 2 rings (SSSR count). The second-order valence-corrected chi connectivity index (χ2v) is 7.30. The van der Waals surface area contributed by atoms with E-state index in [0.29, 0.717) is 25.7 Å². The molecule has 2 fully saturated rings. The molecule has 0 bridgehead atoms. The second kappa shape index (κ2) is 7.78. The van der Waals surface area contributed by atoms with E-state index in [0.717, 1.165) is 5.57 Å². The first-order valence-electron chi connectivity index (χ1n) is 8.81. The maximum atomic E-state index is 12.5. The van der Waals surface area contributed by atoms with Gasteiger partial charge >= 0.3 is 17.9 Å². The molecule has 146 valence electrons. The third-order valence-corrected chi connectivity index (χ3v) is 5.76. The minimum Gasteiger partial charge on any atom is -0.469 e. The molecule has 1 unspecified atom stereocenters. The SMILES string of the molecule is C=C(C)[C@@H]1CCC(C(=O)OC)(C(=O)OC)C[C@@]12CCC(CC(=O)OC)O2. The van der Waals surface area contributed by atoms with E-state index in [-0.39, 0.29) is 30.8 Å². The van der Waals surface area contributed by atoms with Crippen molar-refractivity contribution in [3.05, 3.63) is 12.2 Å². The van der Waals surface area contributed by atoms with Crippen molar-refractivity contribution in [2.75, 3.05) is 21.3 Å². The van der Waals surface area contributed by atoms with Gasteiger partial charge in [0.2, 0.25) is 0 Å². The molecule has 7 heteroatoms. The highest BCUT2D eigenvalue weighted by molar-refractivity contribution is 6.00. The predicted octanol–water partition coefficient (Wildman–Crippen LogP) is 2.18. The molecule has 1 aliphatic heterocycles. The Morgan fingerprint density at radius 2 is 1.65 bits per heavy atom. The molecule has 0 aromatic rings. The fraction of sp³-hybridized carbons (Fsp3) is 0.737. The molecule has 0 amide bonds. The summed E-state index contributed by atoms with van der Waals surface area (Å²) in [6.07, 6.45) is 2.15. The van der Waals surface area contributed by atoms with Gasteiger partial charge in [0, 0.05) is 12.3 Å². The number of hydrogen-bond acceptors (Lipinski definition) is 7. The number of carbonyl (C=O) groups is 3. The average Bonchev–Trinajstić information content (AvgIpc) is 3.01. The number of hydrogen-bond donors (Lipinski definition) is 0. The zero-order valence-electron chi connectivity index (χ0n) is 16.0. The van der Waals surface area contributed by atoms with Crippen molar-refractivity contribution in [3.8, 4) is 0 Å². The van der Waals surface area contributed by atoms with Gasteiger partial charge in [-0.1, -0.05) is 12.2 Å². The molecule has 3 atom stereocenters. The molecule has 0 N–H and O–H groups in total. The van der Waals surface area contributed by atoms with Crippen LogP contribution < -0.4 is 0 Å². The van der Waals surface area contributed by atoms with Crippen molar-refractivity contribution in [1.82, 2.24) is 0 Å². The molecule has 0 aromatic heterocycles. The largest absolute Gasteiger partial charge is 0.469 e. The van der Waals surface area contributed by atoms with Crippen LogP contribution in [0.4, 0.5) is 0 Å². The molecule has 26 heavy (non-hydrogen) atoms. The topological polar surface area (TPSA) is 88.1 Å². The zero-order chi connectivity index (χ0) is 19.5. The third kappa shape index (κ3) is 3.49. The van der Waals surface area contributed by atoms with E-state index in [2.05, 4.69) is 6.58 Å². The molecular weight excluding hydrogens is 340 g/mol. The number of ether oxygens (including phenoxy) is 4. The van der Waals surface area contributed by atoms with Gasteiger partial charge in [-0.3, -0.25) is 14.4 Å². The summed E-state index contributed by atoms with van der Waals surface area (Å²) in [5.41, 5.74) is -1.20. The Balaban J connectivity index is 2.36. The minimum atomic E-state index is -1.39. The Labute approximate surface area is 154 Å². The van der Waals surface area contributed by atoms with Gasteiger partial charge < -0.3 is 18.9 Å². The smallest absolute Gasteiger partial charge is 0.323 e. The van der Waals surface area contributed by atoms with E-state index in [1.807, 2.05) is 6.92 Å². The summed E-state index contributed by atoms with van der Waals surface area (Å²) in [4.78, 5) is 36.7. The van der Waals surface area contributed by atoms with Crippen LogP contribution in [0.3, 0.4) is 0 Å². The van der Waals surface area contributed by atoms with Gasteiger partial charge in [0.1, 0.15) is 0 Å². The molecule has 0 aromatic carbocycles. The van der Waals surface area contributed by atoms with Gasteiger partial charge in [0.25, 0.3) is 0 Å². The molecule has 1 saturated carbocycles. The summed E-state index contributed by atoms with van der Waals surface area (Å²) >= 11 is 0. The van der Waals surface area contributed by atoms with Crippen molar-refractivity contribution >= 4 is 17.9 Å². The fourth-order valence-electron chi connectivity index (χ4n) is 4.55. The van der Waals surface area contributed by atoms with Crippen molar-refractivity contribution < 1.29 is 33.3 Å². The molecule has 7 nitrogen and oxygen atoms in total. The Kier molecular flexibility index (Phi) is 6.11. The van der Waals surface area contributed by atoms with E-state index in [9.17, 15) is 14.4 Å². The van der Waals surface area contributed by atoms with Crippen LogP contribution in [0.5, 0.6) is 0 Å². The summed E-state index contributed by atoms with van der Waals surface area (Å²) in [6.45, 7) is 6.00. The van der Waals surface area contributed by atoms with E-state index in [4.69, 9.17) is 18.9 Å². The van der Waals surface area contributed by atoms with Gasteiger partial charge in [-0.15, -0.1) is 0 Å². The van der Waals surface area contributed by atoms with Crippen LogP contribution in [-0.2, 0) is 33.3 Å². The molecule has 0 radical (unpaired) electrons. The normalized spacial score (nSPS) is 29.8. The fourth-order valence-corrected chi connectivity index (χ4v) is 4.55. The summed E-state index contributed by atoms with van der Waals surface area (Å²) in [7, 11) is 3.87. The first kappa shape index (κ1) is 20.4. The number of rotatable bonds is 5. The Hall–Kier alpha value is -1.89. The molecule has 1 saturated heterocycles. The molecule has 1 heterocycles. The van der Waals surface area contributed by atoms with Crippen LogP contribution in [-0.4, -0.2) is 50.9 Å². The second-order valence-electron chi connectivity index (χ2n) is 7.30. The number of carbonyl (C=O) groups excluding carboxylic acids is 3. The molecule has 2 aliphatic rings. The van der Waals surface area contributed by atoms with Crippen molar-refractivity contribution in [2.24, 2.45) is 11.3 Å². The summed E-state index contributed by atoms with van der Waals surface area (Å²) < 4.78 is 20.9. The summed E-state index contributed by atoms with van der Waals surface area (Å²) in [5, 5.41) is 0. The van der Waals surface area contributed by atoms with Gasteiger partial charge in [-0.2, -0.15) is 0 Å². The van der Waals surface area contributed by atoms with Gasteiger partial charge in [-0.25, -0.2) is 0 Å². The lowest BCUT2D eigenvalue weighted by Gasteiger charge is -2.48. The molecule has 1 aliphatic carbocycles. The quantitative estimate of drug-likeness (QED) is 0.318. The molecular formula is C19H28O7. The highest BCUT2D eigenvalue weighted by Crippen LogP contribution is 2.55. The third-order valence-electron chi connectivity index (χ3n) is 5.76. The average molecular weight is 368 g/mol. The Bertz CT molecular complexity index is 581.